The number of carbonyl (C=O) groups is 1. The van der Waals surface area contributed by atoms with E-state index in [9.17, 15) is 10.1 Å². The van der Waals surface area contributed by atoms with Crippen molar-refractivity contribution in [1.82, 2.24) is 24.3 Å². The molecule has 246 valence electrons. The largest absolute Gasteiger partial charge is 0.493 e. The standard InChI is InChI=1S/C36H43N7O4/c1-45-31-23-27(24-32(46-2)33(31)47-3)34(44)42-20-13-36(26-42,28-9-6-15-38-25-28)12-19-40-16-8-17-41(22-21-40)35-39-29-10-4-5-11-30(29)43(35)18-7-14-37/h4-6,9-11,15,23-25H,7-8,12-13,16-22,26H2,1-3H3. The van der Waals surface area contributed by atoms with Crippen molar-refractivity contribution in [1.29, 1.82) is 5.26 Å². The van der Waals surface area contributed by atoms with Gasteiger partial charge in [-0.25, -0.2) is 4.98 Å². The molecule has 4 heterocycles. The Bertz CT molecular complexity index is 1710. The van der Waals surface area contributed by atoms with E-state index in [-0.39, 0.29) is 11.3 Å². The first-order chi connectivity index (χ1) is 23.0. The van der Waals surface area contributed by atoms with Gasteiger partial charge in [0.15, 0.2) is 11.5 Å². The Labute approximate surface area is 276 Å². The molecule has 0 aliphatic carbocycles. The third kappa shape index (κ3) is 6.56. The van der Waals surface area contributed by atoms with Gasteiger partial charge < -0.3 is 33.5 Å². The lowest BCUT2D eigenvalue weighted by atomic mass is 9.77. The number of para-hydroxylation sites is 2. The molecule has 47 heavy (non-hydrogen) atoms. The van der Waals surface area contributed by atoms with Crippen molar-refractivity contribution < 1.29 is 19.0 Å². The summed E-state index contributed by atoms with van der Waals surface area (Å²) in [6.07, 6.45) is 7.01. The summed E-state index contributed by atoms with van der Waals surface area (Å²) in [5.41, 5.74) is 3.51. The number of anilines is 1. The quantitative estimate of drug-likeness (QED) is 0.230. The van der Waals surface area contributed by atoms with Crippen molar-refractivity contribution in [3.05, 3.63) is 72.1 Å². The van der Waals surface area contributed by atoms with Gasteiger partial charge >= 0.3 is 0 Å². The molecule has 0 spiro atoms. The van der Waals surface area contributed by atoms with Crippen molar-refractivity contribution in [2.75, 3.05) is 72.0 Å². The van der Waals surface area contributed by atoms with Gasteiger partial charge in [-0.15, -0.1) is 0 Å². The molecule has 11 nitrogen and oxygen atoms in total. The van der Waals surface area contributed by atoms with Gasteiger partial charge in [0, 0.05) is 62.6 Å². The number of nitriles is 1. The van der Waals surface area contributed by atoms with Gasteiger partial charge in [-0.3, -0.25) is 9.78 Å². The highest BCUT2D eigenvalue weighted by atomic mass is 16.5. The Morgan fingerprint density at radius 2 is 1.77 bits per heavy atom. The predicted octanol–water partition coefficient (Wildman–Crippen LogP) is 4.76. The first kappa shape index (κ1) is 32.1. The Morgan fingerprint density at radius 1 is 0.957 bits per heavy atom. The highest BCUT2D eigenvalue weighted by Crippen LogP contribution is 2.41. The van der Waals surface area contributed by atoms with Crippen LogP contribution in [0.2, 0.25) is 0 Å². The molecule has 1 unspecified atom stereocenters. The number of fused-ring (bicyclic) bond motifs is 1. The van der Waals surface area contributed by atoms with Gasteiger partial charge in [0.1, 0.15) is 0 Å². The van der Waals surface area contributed by atoms with Gasteiger partial charge in [-0.1, -0.05) is 18.2 Å². The maximum Gasteiger partial charge on any atom is 0.254 e. The number of benzene rings is 2. The fourth-order valence-electron chi connectivity index (χ4n) is 7.15. The molecule has 2 aliphatic rings. The lowest BCUT2D eigenvalue weighted by Gasteiger charge is -2.32. The summed E-state index contributed by atoms with van der Waals surface area (Å²) in [6.45, 7) is 6.49. The van der Waals surface area contributed by atoms with Crippen LogP contribution in [0.15, 0.2) is 60.9 Å². The molecule has 2 saturated heterocycles. The second-order valence-electron chi connectivity index (χ2n) is 12.3. The molecule has 2 fully saturated rings. The summed E-state index contributed by atoms with van der Waals surface area (Å²) in [5, 5.41) is 9.29. The van der Waals surface area contributed by atoms with E-state index in [4.69, 9.17) is 19.2 Å². The van der Waals surface area contributed by atoms with Gasteiger partial charge in [0.25, 0.3) is 5.91 Å². The molecule has 1 atom stereocenters. The van der Waals surface area contributed by atoms with Gasteiger partial charge in [0.2, 0.25) is 11.7 Å². The molecule has 2 aromatic carbocycles. The topological polar surface area (TPSA) is 109 Å². The number of hydrogen-bond acceptors (Lipinski definition) is 9. The average molecular weight is 638 g/mol. The molecule has 6 rings (SSSR count). The van der Waals surface area contributed by atoms with E-state index in [1.54, 1.807) is 39.7 Å². The SMILES string of the molecule is COc1cc(C(=O)N2CCC(CCN3CCCN(c4nc5ccccc5n4CCC#N)CC3)(c3cccnc3)C2)cc(OC)c1OC. The summed E-state index contributed by atoms with van der Waals surface area (Å²) < 4.78 is 18.7. The molecule has 11 heteroatoms. The Hall–Kier alpha value is -4.82. The van der Waals surface area contributed by atoms with Crippen LogP contribution in [0.1, 0.15) is 41.6 Å². The monoisotopic (exact) mass is 637 g/mol. The molecule has 2 aliphatic heterocycles. The van der Waals surface area contributed by atoms with E-state index >= 15 is 0 Å². The number of imidazole rings is 1. The van der Waals surface area contributed by atoms with E-state index < -0.39 is 0 Å². The molecular formula is C36H43N7O4. The van der Waals surface area contributed by atoms with Gasteiger partial charge in [-0.2, -0.15) is 5.26 Å². The lowest BCUT2D eigenvalue weighted by molar-refractivity contribution is 0.0780. The number of aryl methyl sites for hydroxylation is 1. The zero-order chi connectivity index (χ0) is 32.8. The van der Waals surface area contributed by atoms with Crippen molar-refractivity contribution in [2.24, 2.45) is 0 Å². The lowest BCUT2D eigenvalue weighted by Crippen LogP contribution is -2.39. The smallest absolute Gasteiger partial charge is 0.254 e. The van der Waals surface area contributed by atoms with E-state index in [0.29, 0.717) is 48.9 Å². The summed E-state index contributed by atoms with van der Waals surface area (Å²) in [4.78, 5) is 30.2. The molecule has 0 saturated carbocycles. The minimum absolute atomic E-state index is 0.0558. The van der Waals surface area contributed by atoms with Gasteiger partial charge in [0.05, 0.1) is 44.9 Å². The highest BCUT2D eigenvalue weighted by molar-refractivity contribution is 5.96. The average Bonchev–Trinajstić information content (AvgIpc) is 3.64. The van der Waals surface area contributed by atoms with Gasteiger partial charge in [-0.05, 0) is 68.2 Å². The second-order valence-corrected chi connectivity index (χ2v) is 12.3. The van der Waals surface area contributed by atoms with E-state index in [2.05, 4.69) is 37.6 Å². The van der Waals surface area contributed by atoms with Crippen LogP contribution in [0.5, 0.6) is 17.2 Å². The highest BCUT2D eigenvalue weighted by Gasteiger charge is 2.42. The minimum Gasteiger partial charge on any atom is -0.493 e. The second kappa shape index (κ2) is 14.3. The summed E-state index contributed by atoms with van der Waals surface area (Å²) >= 11 is 0. The number of methoxy groups -OCH3 is 3. The Morgan fingerprint density at radius 3 is 2.49 bits per heavy atom. The normalized spacial score (nSPS) is 18.6. The van der Waals surface area contributed by atoms with Crippen molar-refractivity contribution in [3.63, 3.8) is 0 Å². The molecule has 0 radical (unpaired) electrons. The van der Waals surface area contributed by atoms with Crippen molar-refractivity contribution in [3.8, 4) is 23.3 Å². The molecule has 0 N–H and O–H groups in total. The maximum absolute atomic E-state index is 13.9. The van der Waals surface area contributed by atoms with Crippen molar-refractivity contribution >= 4 is 22.9 Å². The molecule has 1 amide bonds. The number of aromatic nitrogens is 3. The van der Waals surface area contributed by atoms with Crippen LogP contribution in [-0.2, 0) is 12.0 Å². The number of carbonyl (C=O) groups excluding carboxylic acids is 1. The van der Waals surface area contributed by atoms with Crippen LogP contribution < -0.4 is 19.1 Å². The maximum atomic E-state index is 13.9. The number of amides is 1. The van der Waals surface area contributed by atoms with Crippen LogP contribution in [0.4, 0.5) is 5.95 Å². The number of pyridine rings is 1. The number of nitrogens with zero attached hydrogens (tertiary/aromatic N) is 7. The Balaban J connectivity index is 1.17. The van der Waals surface area contributed by atoms with Crippen LogP contribution in [0, 0.1) is 11.3 Å². The Kier molecular flexibility index (Phi) is 9.78. The first-order valence-corrected chi connectivity index (χ1v) is 16.3. The van der Waals surface area contributed by atoms with Crippen LogP contribution in [0.3, 0.4) is 0 Å². The summed E-state index contributed by atoms with van der Waals surface area (Å²) in [6, 6.07) is 18.1. The number of likely N-dealkylation sites (tertiary alicyclic amines) is 1. The molecule has 0 bridgehead atoms. The fraction of sp³-hybridized carbons (Fsp3) is 0.444. The van der Waals surface area contributed by atoms with E-state index in [1.807, 2.05) is 35.4 Å². The van der Waals surface area contributed by atoms with E-state index in [1.165, 1.54) is 5.56 Å². The zero-order valence-corrected chi connectivity index (χ0v) is 27.5. The third-order valence-electron chi connectivity index (χ3n) is 9.69. The van der Waals surface area contributed by atoms with Crippen LogP contribution in [0.25, 0.3) is 11.0 Å². The van der Waals surface area contributed by atoms with E-state index in [0.717, 1.165) is 69.0 Å². The van der Waals surface area contributed by atoms with Crippen LogP contribution >= 0.6 is 0 Å². The minimum atomic E-state index is -0.207. The van der Waals surface area contributed by atoms with Crippen LogP contribution in [-0.4, -0.2) is 97.4 Å². The fourth-order valence-corrected chi connectivity index (χ4v) is 7.15. The third-order valence-corrected chi connectivity index (χ3v) is 9.69. The molecular weight excluding hydrogens is 594 g/mol. The van der Waals surface area contributed by atoms with Crippen molar-refractivity contribution in [2.45, 2.75) is 37.6 Å². The molecule has 4 aromatic rings. The number of rotatable bonds is 11. The number of ether oxygens (including phenoxy) is 3. The predicted molar refractivity (Wildman–Crippen MR) is 180 cm³/mol. The zero-order valence-electron chi connectivity index (χ0n) is 27.5. The summed E-state index contributed by atoms with van der Waals surface area (Å²) in [5.74, 6) is 2.28. The number of hydrogen-bond donors (Lipinski definition) is 0. The first-order valence-electron chi connectivity index (χ1n) is 16.3. The summed E-state index contributed by atoms with van der Waals surface area (Å²) in [7, 11) is 4.67. The molecule has 2 aromatic heterocycles.